The first-order valence-electron chi connectivity index (χ1n) is 9.88. The number of imidazole rings is 1. The molecule has 3 fully saturated rings. The third-order valence-corrected chi connectivity index (χ3v) is 5.87. The summed E-state index contributed by atoms with van der Waals surface area (Å²) in [5.41, 5.74) is 4.54. The predicted octanol–water partition coefficient (Wildman–Crippen LogP) is 2.77. The van der Waals surface area contributed by atoms with E-state index >= 15 is 0 Å². The van der Waals surface area contributed by atoms with Crippen molar-refractivity contribution in [3.63, 3.8) is 0 Å². The number of anilines is 1. The summed E-state index contributed by atoms with van der Waals surface area (Å²) in [6.45, 7) is 9.03. The molecule has 3 aliphatic heterocycles. The van der Waals surface area contributed by atoms with Gasteiger partial charge >= 0.3 is 0 Å². The number of fused-ring (bicyclic) bond motifs is 4. The van der Waals surface area contributed by atoms with E-state index in [-0.39, 0.29) is 5.91 Å². The molecular weight excluding hydrogens is 338 g/mol. The lowest BCUT2D eigenvalue weighted by Gasteiger charge is -2.36. The van der Waals surface area contributed by atoms with Gasteiger partial charge in [-0.15, -0.1) is 0 Å². The number of aromatic nitrogens is 2. The van der Waals surface area contributed by atoms with Crippen LogP contribution in [0.4, 0.5) is 5.69 Å². The summed E-state index contributed by atoms with van der Waals surface area (Å²) in [6, 6.07) is 8.88. The van der Waals surface area contributed by atoms with Crippen LogP contribution in [0.15, 0.2) is 30.6 Å². The van der Waals surface area contributed by atoms with Crippen LogP contribution in [0.2, 0.25) is 0 Å². The second-order valence-corrected chi connectivity index (χ2v) is 8.07. The predicted molar refractivity (Wildman–Crippen MR) is 106 cm³/mol. The van der Waals surface area contributed by atoms with E-state index in [1.54, 1.807) is 6.33 Å². The molecule has 2 aromatic rings. The molecule has 0 unspecified atom stereocenters. The summed E-state index contributed by atoms with van der Waals surface area (Å²) in [4.78, 5) is 24.1. The molecule has 0 saturated carbocycles. The monoisotopic (exact) mass is 367 g/mol. The number of piperidine rings is 1. The Morgan fingerprint density at radius 2 is 2.00 bits per heavy atom. The highest BCUT2D eigenvalue weighted by atomic mass is 16.1. The lowest BCUT2D eigenvalue weighted by Crippen LogP contribution is -2.43. The lowest BCUT2D eigenvalue weighted by molar-refractivity contribution is -0.114. The first-order valence-corrected chi connectivity index (χ1v) is 9.88. The zero-order valence-corrected chi connectivity index (χ0v) is 16.2. The summed E-state index contributed by atoms with van der Waals surface area (Å²) in [5, 5.41) is 2.84. The Balaban J connectivity index is 1.40. The fourth-order valence-electron chi connectivity index (χ4n) is 4.49. The minimum atomic E-state index is -0.0279. The number of amides is 1. The molecule has 2 atom stereocenters. The Kier molecular flexibility index (Phi) is 5.27. The van der Waals surface area contributed by atoms with E-state index < -0.39 is 0 Å². The van der Waals surface area contributed by atoms with Gasteiger partial charge in [0.15, 0.2) is 0 Å². The van der Waals surface area contributed by atoms with E-state index in [0.717, 1.165) is 31.2 Å². The van der Waals surface area contributed by atoms with E-state index in [1.807, 2.05) is 12.1 Å². The van der Waals surface area contributed by atoms with Gasteiger partial charge in [0.1, 0.15) is 0 Å². The molecular formula is C21H29N5O. The van der Waals surface area contributed by atoms with Crippen LogP contribution < -0.4 is 5.32 Å². The zero-order valence-electron chi connectivity index (χ0n) is 16.2. The second kappa shape index (κ2) is 7.82. The average Bonchev–Trinajstić information content (AvgIpc) is 2.85. The molecule has 6 heteroatoms. The number of aryl methyl sites for hydroxylation is 1. The van der Waals surface area contributed by atoms with Crippen LogP contribution in [-0.2, 0) is 17.9 Å². The number of carbonyl (C=O) groups excluding carboxylic acids is 1. The van der Waals surface area contributed by atoms with Crippen LogP contribution >= 0.6 is 0 Å². The highest BCUT2D eigenvalue weighted by Gasteiger charge is 2.34. The van der Waals surface area contributed by atoms with Crippen LogP contribution in [0, 0.1) is 12.8 Å². The van der Waals surface area contributed by atoms with E-state index in [0.29, 0.717) is 6.04 Å². The van der Waals surface area contributed by atoms with Crippen molar-refractivity contribution in [3.05, 3.63) is 47.5 Å². The number of nitrogens with zero attached hydrogens (tertiary/aromatic N) is 3. The molecule has 144 valence electrons. The van der Waals surface area contributed by atoms with Gasteiger partial charge in [0.05, 0.1) is 12.0 Å². The van der Waals surface area contributed by atoms with Gasteiger partial charge in [-0.1, -0.05) is 12.1 Å². The number of H-pyrrole nitrogens is 1. The van der Waals surface area contributed by atoms with Gasteiger partial charge in [0.2, 0.25) is 5.91 Å². The standard InChI is InChI=1S/C21H29N5O/c1-15-21(23-14-22-15)13-25-9-18-5-8-20(12-25)26(11-18)10-17-3-6-19(7-4-17)24-16(2)27/h3-4,6-7,14,18,20H,5,8-13H2,1-2H3,(H,22,23)(H,24,27)/t18-,20+/m1/s1. The Hall–Kier alpha value is -2.18. The summed E-state index contributed by atoms with van der Waals surface area (Å²) in [5.74, 6) is 0.710. The Morgan fingerprint density at radius 1 is 1.19 bits per heavy atom. The van der Waals surface area contributed by atoms with Crippen molar-refractivity contribution >= 4 is 11.6 Å². The third kappa shape index (κ3) is 4.39. The molecule has 3 aliphatic rings. The molecule has 1 aromatic carbocycles. The first-order chi connectivity index (χ1) is 13.1. The number of hydrogen-bond donors (Lipinski definition) is 2. The number of benzene rings is 1. The molecule has 1 amide bonds. The maximum Gasteiger partial charge on any atom is 0.221 e. The first kappa shape index (κ1) is 18.2. The van der Waals surface area contributed by atoms with E-state index in [4.69, 9.17) is 0 Å². The average molecular weight is 367 g/mol. The van der Waals surface area contributed by atoms with E-state index in [2.05, 4.69) is 44.1 Å². The Bertz CT molecular complexity index is 784. The van der Waals surface area contributed by atoms with Gasteiger partial charge in [0.25, 0.3) is 0 Å². The van der Waals surface area contributed by atoms with Crippen LogP contribution in [0.25, 0.3) is 0 Å². The van der Waals surface area contributed by atoms with Gasteiger partial charge in [-0.3, -0.25) is 14.6 Å². The Labute approximate surface area is 161 Å². The Morgan fingerprint density at radius 3 is 2.70 bits per heavy atom. The molecule has 2 N–H and O–H groups in total. The van der Waals surface area contributed by atoms with Crippen LogP contribution in [0.3, 0.4) is 0 Å². The van der Waals surface area contributed by atoms with Crippen molar-refractivity contribution < 1.29 is 4.79 Å². The van der Waals surface area contributed by atoms with Crippen molar-refractivity contribution in [2.45, 2.75) is 45.8 Å². The molecule has 5 rings (SSSR count). The molecule has 0 aliphatic carbocycles. The SMILES string of the molecule is CC(=O)Nc1ccc(CN2C[C@@H]3CC[C@H]2CN(Cc2nc[nH]c2C)C3)cc1. The highest BCUT2D eigenvalue weighted by molar-refractivity contribution is 5.88. The number of rotatable bonds is 5. The smallest absolute Gasteiger partial charge is 0.221 e. The summed E-state index contributed by atoms with van der Waals surface area (Å²) >= 11 is 0. The molecule has 4 heterocycles. The summed E-state index contributed by atoms with van der Waals surface area (Å²) in [7, 11) is 0. The van der Waals surface area contributed by atoms with Crippen LogP contribution in [0.1, 0.15) is 36.7 Å². The fourth-order valence-corrected chi connectivity index (χ4v) is 4.49. The number of nitrogens with one attached hydrogen (secondary N) is 2. The molecule has 0 spiro atoms. The lowest BCUT2D eigenvalue weighted by atomic mass is 9.94. The fraction of sp³-hybridized carbons (Fsp3) is 0.524. The normalized spacial score (nSPS) is 23.3. The van der Waals surface area contributed by atoms with Gasteiger partial charge in [0, 0.05) is 57.1 Å². The van der Waals surface area contributed by atoms with Crippen molar-refractivity contribution in [2.24, 2.45) is 5.92 Å². The van der Waals surface area contributed by atoms with Crippen molar-refractivity contribution in [2.75, 3.05) is 25.0 Å². The van der Waals surface area contributed by atoms with Crippen LogP contribution in [-0.4, -0.2) is 51.4 Å². The maximum atomic E-state index is 11.2. The third-order valence-electron chi connectivity index (χ3n) is 5.87. The number of carbonyl (C=O) groups is 1. The van der Waals surface area contributed by atoms with Crippen LogP contribution in [0.5, 0.6) is 0 Å². The number of hydrogen-bond acceptors (Lipinski definition) is 4. The molecule has 2 bridgehead atoms. The second-order valence-electron chi connectivity index (χ2n) is 8.07. The van der Waals surface area contributed by atoms with Gasteiger partial charge in [-0.05, 0) is 43.4 Å². The topological polar surface area (TPSA) is 64.3 Å². The summed E-state index contributed by atoms with van der Waals surface area (Å²) < 4.78 is 0. The molecule has 0 radical (unpaired) electrons. The zero-order chi connectivity index (χ0) is 18.8. The molecule has 1 aromatic heterocycles. The van der Waals surface area contributed by atoms with Crippen molar-refractivity contribution in [3.8, 4) is 0 Å². The minimum absolute atomic E-state index is 0.0279. The summed E-state index contributed by atoms with van der Waals surface area (Å²) in [6.07, 6.45) is 4.41. The van der Waals surface area contributed by atoms with E-state index in [1.165, 1.54) is 49.8 Å². The van der Waals surface area contributed by atoms with Gasteiger partial charge in [-0.25, -0.2) is 4.98 Å². The van der Waals surface area contributed by atoms with Gasteiger partial charge < -0.3 is 10.3 Å². The van der Waals surface area contributed by atoms with E-state index in [9.17, 15) is 4.79 Å². The molecule has 27 heavy (non-hydrogen) atoms. The largest absolute Gasteiger partial charge is 0.348 e. The highest BCUT2D eigenvalue weighted by Crippen LogP contribution is 2.30. The molecule has 3 saturated heterocycles. The maximum absolute atomic E-state index is 11.2. The van der Waals surface area contributed by atoms with Crippen molar-refractivity contribution in [1.29, 1.82) is 0 Å². The van der Waals surface area contributed by atoms with Gasteiger partial charge in [-0.2, -0.15) is 0 Å². The minimum Gasteiger partial charge on any atom is -0.348 e. The quantitative estimate of drug-likeness (QED) is 0.853. The van der Waals surface area contributed by atoms with Crippen molar-refractivity contribution in [1.82, 2.24) is 19.8 Å². The molecule has 6 nitrogen and oxygen atoms in total. The number of aromatic amines is 1.